The maximum absolute atomic E-state index is 6.35. The molecule has 1 aliphatic carbocycles. The van der Waals surface area contributed by atoms with Crippen LogP contribution in [0.1, 0.15) is 18.9 Å². The monoisotopic (exact) mass is 449 g/mol. The Morgan fingerprint density at radius 3 is 2.59 bits per heavy atom. The highest BCUT2D eigenvalue weighted by molar-refractivity contribution is 8.03. The number of fused-ring (bicyclic) bond motifs is 8. The van der Waals surface area contributed by atoms with Crippen molar-refractivity contribution in [3.63, 3.8) is 0 Å². The molecule has 0 fully saturated rings. The van der Waals surface area contributed by atoms with E-state index in [-0.39, 0.29) is 5.41 Å². The van der Waals surface area contributed by atoms with Gasteiger partial charge < -0.3 is 4.57 Å². The number of para-hydroxylation sites is 1. The van der Waals surface area contributed by atoms with E-state index in [1.807, 2.05) is 11.8 Å². The first kappa shape index (κ1) is 18.6. The molecule has 1 aromatic heterocycles. The SMILES string of the molecule is CC12CC=C(Cl)C=C1Sc1ccc(-n3c4ccccc4c4ccc5ccccc5c43)cc12. The van der Waals surface area contributed by atoms with Gasteiger partial charge in [0.25, 0.3) is 0 Å². The first-order valence-corrected chi connectivity index (χ1v) is 12.1. The molecule has 0 bridgehead atoms. The van der Waals surface area contributed by atoms with Crippen molar-refractivity contribution in [2.24, 2.45) is 0 Å². The van der Waals surface area contributed by atoms with Crippen LogP contribution in [-0.4, -0.2) is 4.57 Å². The lowest BCUT2D eigenvalue weighted by atomic mass is 9.77. The molecule has 32 heavy (non-hydrogen) atoms. The van der Waals surface area contributed by atoms with Gasteiger partial charge in [-0.25, -0.2) is 0 Å². The molecule has 4 aromatic carbocycles. The summed E-state index contributed by atoms with van der Waals surface area (Å²) in [6.45, 7) is 2.35. The quantitative estimate of drug-likeness (QED) is 0.247. The lowest BCUT2D eigenvalue weighted by Crippen LogP contribution is -2.21. The molecular weight excluding hydrogens is 430 g/mol. The summed E-state index contributed by atoms with van der Waals surface area (Å²) in [5, 5.41) is 6.00. The zero-order valence-corrected chi connectivity index (χ0v) is 19.2. The second kappa shape index (κ2) is 6.54. The molecule has 0 saturated carbocycles. The normalized spacial score (nSPS) is 19.8. The number of hydrogen-bond donors (Lipinski definition) is 0. The predicted octanol–water partition coefficient (Wildman–Crippen LogP) is 8.71. The molecule has 3 heteroatoms. The van der Waals surface area contributed by atoms with E-state index >= 15 is 0 Å². The molecule has 0 N–H and O–H groups in total. The van der Waals surface area contributed by atoms with Crippen molar-refractivity contribution in [1.29, 1.82) is 0 Å². The minimum Gasteiger partial charge on any atom is -0.309 e. The molecule has 0 saturated heterocycles. The van der Waals surface area contributed by atoms with Crippen molar-refractivity contribution < 1.29 is 0 Å². The van der Waals surface area contributed by atoms with Gasteiger partial charge in [0.05, 0.1) is 11.0 Å². The number of nitrogens with zero attached hydrogens (tertiary/aromatic N) is 1. The van der Waals surface area contributed by atoms with Crippen LogP contribution in [-0.2, 0) is 5.41 Å². The highest BCUT2D eigenvalue weighted by Gasteiger charge is 2.40. The van der Waals surface area contributed by atoms with Crippen LogP contribution in [0.25, 0.3) is 38.3 Å². The van der Waals surface area contributed by atoms with E-state index in [4.69, 9.17) is 11.6 Å². The van der Waals surface area contributed by atoms with Crippen LogP contribution in [0.3, 0.4) is 0 Å². The summed E-state index contributed by atoms with van der Waals surface area (Å²) in [6.07, 6.45) is 5.24. The first-order valence-electron chi connectivity index (χ1n) is 10.9. The van der Waals surface area contributed by atoms with Crippen LogP contribution in [0.5, 0.6) is 0 Å². The fraction of sp³-hybridized carbons (Fsp3) is 0.103. The van der Waals surface area contributed by atoms with Crippen LogP contribution >= 0.6 is 23.4 Å². The summed E-state index contributed by atoms with van der Waals surface area (Å²) in [4.78, 5) is 2.69. The minimum absolute atomic E-state index is 0.00473. The summed E-state index contributed by atoms with van der Waals surface area (Å²) in [7, 11) is 0. The van der Waals surface area contributed by atoms with E-state index < -0.39 is 0 Å². The minimum atomic E-state index is -0.00473. The van der Waals surface area contributed by atoms with Crippen LogP contribution in [0, 0.1) is 0 Å². The first-order chi connectivity index (χ1) is 15.6. The molecule has 0 spiro atoms. The van der Waals surface area contributed by atoms with Crippen molar-refractivity contribution in [3.8, 4) is 5.69 Å². The average Bonchev–Trinajstić information content (AvgIpc) is 3.31. The van der Waals surface area contributed by atoms with Gasteiger partial charge in [-0.05, 0) is 47.7 Å². The summed E-state index contributed by atoms with van der Waals surface area (Å²) in [5.41, 5.74) is 5.14. The van der Waals surface area contributed by atoms with E-state index in [1.54, 1.807) is 0 Å². The van der Waals surface area contributed by atoms with Crippen LogP contribution in [0.2, 0.25) is 0 Å². The van der Waals surface area contributed by atoms with Gasteiger partial charge in [-0.1, -0.05) is 91.0 Å². The molecule has 1 unspecified atom stereocenters. The number of rotatable bonds is 1. The third-order valence-electron chi connectivity index (χ3n) is 7.11. The van der Waals surface area contributed by atoms with E-state index in [2.05, 4.69) is 103 Å². The molecule has 2 aliphatic rings. The lowest BCUT2D eigenvalue weighted by molar-refractivity contribution is 0.587. The molecule has 7 rings (SSSR count). The molecule has 1 nitrogen and oxygen atoms in total. The lowest BCUT2D eigenvalue weighted by Gasteiger charge is -2.28. The zero-order valence-electron chi connectivity index (χ0n) is 17.6. The summed E-state index contributed by atoms with van der Waals surface area (Å²) < 4.78 is 2.45. The van der Waals surface area contributed by atoms with Gasteiger partial charge in [0.2, 0.25) is 0 Å². The van der Waals surface area contributed by atoms with Gasteiger partial charge in [0.15, 0.2) is 0 Å². The highest BCUT2D eigenvalue weighted by Crippen LogP contribution is 2.57. The molecular formula is C29H20ClNS. The van der Waals surface area contributed by atoms with Crippen molar-refractivity contribution in [3.05, 3.63) is 107 Å². The van der Waals surface area contributed by atoms with Gasteiger partial charge in [0, 0.05) is 42.1 Å². The Balaban J connectivity index is 1.56. The Bertz CT molecular complexity index is 1650. The Kier molecular flexibility index (Phi) is 3.80. The van der Waals surface area contributed by atoms with Crippen molar-refractivity contribution in [2.45, 2.75) is 23.7 Å². The topological polar surface area (TPSA) is 4.93 Å². The van der Waals surface area contributed by atoms with Gasteiger partial charge >= 0.3 is 0 Å². The third-order valence-corrected chi connectivity index (χ3v) is 8.74. The molecule has 0 amide bonds. The van der Waals surface area contributed by atoms with Gasteiger partial charge in [-0.3, -0.25) is 0 Å². The fourth-order valence-corrected chi connectivity index (χ4v) is 7.05. The van der Waals surface area contributed by atoms with E-state index in [0.29, 0.717) is 0 Å². The number of aromatic nitrogens is 1. The standard InChI is InChI=1S/C29H20ClNS/c1-29-15-14-19(30)16-27(29)32-26-13-11-20(17-24(26)29)31-25-9-5-4-8-22(25)23-12-10-18-6-2-3-7-21(18)28(23)31/h2-14,16-17H,15H2,1H3. The Morgan fingerprint density at radius 2 is 1.69 bits per heavy atom. The largest absolute Gasteiger partial charge is 0.309 e. The molecule has 0 radical (unpaired) electrons. The van der Waals surface area contributed by atoms with Crippen LogP contribution in [0.4, 0.5) is 0 Å². The van der Waals surface area contributed by atoms with Crippen LogP contribution in [0.15, 0.2) is 106 Å². The molecule has 1 aliphatic heterocycles. The molecule has 154 valence electrons. The Labute approximate surface area is 196 Å². The number of hydrogen-bond acceptors (Lipinski definition) is 1. The second-order valence-electron chi connectivity index (χ2n) is 8.95. The number of thioether (sulfide) groups is 1. The number of allylic oxidation sites excluding steroid dienone is 4. The van der Waals surface area contributed by atoms with Crippen LogP contribution < -0.4 is 0 Å². The van der Waals surface area contributed by atoms with E-state index in [1.165, 1.54) is 53.6 Å². The maximum atomic E-state index is 6.35. The number of halogens is 1. The summed E-state index contributed by atoms with van der Waals surface area (Å²) >= 11 is 8.22. The summed E-state index contributed by atoms with van der Waals surface area (Å²) in [5.74, 6) is 0. The van der Waals surface area contributed by atoms with E-state index in [0.717, 1.165) is 11.5 Å². The van der Waals surface area contributed by atoms with Crippen molar-refractivity contribution in [1.82, 2.24) is 4.57 Å². The number of benzene rings is 4. The molecule has 1 atom stereocenters. The maximum Gasteiger partial charge on any atom is 0.0619 e. The van der Waals surface area contributed by atoms with Gasteiger partial charge in [-0.2, -0.15) is 0 Å². The fourth-order valence-electron chi connectivity index (χ4n) is 5.42. The van der Waals surface area contributed by atoms with E-state index in [9.17, 15) is 0 Å². The second-order valence-corrected chi connectivity index (χ2v) is 10.5. The van der Waals surface area contributed by atoms with Crippen molar-refractivity contribution >= 4 is 55.9 Å². The summed E-state index contributed by atoms with van der Waals surface area (Å²) in [6, 6.07) is 28.9. The molecule has 5 aromatic rings. The molecule has 2 heterocycles. The third kappa shape index (κ3) is 2.42. The Morgan fingerprint density at radius 1 is 0.875 bits per heavy atom. The van der Waals surface area contributed by atoms with Gasteiger partial charge in [0.1, 0.15) is 0 Å². The average molecular weight is 450 g/mol. The zero-order chi connectivity index (χ0) is 21.4. The Hall–Kier alpha value is -2.94. The highest BCUT2D eigenvalue weighted by atomic mass is 35.5. The van der Waals surface area contributed by atoms with Gasteiger partial charge in [-0.15, -0.1) is 0 Å². The predicted molar refractivity (Wildman–Crippen MR) is 138 cm³/mol. The van der Waals surface area contributed by atoms with Crippen molar-refractivity contribution in [2.75, 3.05) is 0 Å². The smallest absolute Gasteiger partial charge is 0.0619 e.